The molecule has 2 amide bonds. The van der Waals surface area contributed by atoms with Crippen LogP contribution >= 0.6 is 0 Å². The van der Waals surface area contributed by atoms with Crippen molar-refractivity contribution in [1.82, 2.24) is 0 Å². The lowest BCUT2D eigenvalue weighted by atomic mass is 10.0. The van der Waals surface area contributed by atoms with Crippen molar-refractivity contribution in [3.05, 3.63) is 125 Å². The van der Waals surface area contributed by atoms with E-state index in [0.29, 0.717) is 17.8 Å². The third-order valence-electron chi connectivity index (χ3n) is 6.10. The maximum Gasteiger partial charge on any atom is 0.573 e. The SMILES string of the molecule is O=C(Nc1ccc(C(=O)N2Cc3ccccc3Cc3ccccc32)cc1)c1ccccc1OC(F)(F)F. The Bertz CT molecular complexity index is 1470. The number of carbonyl (C=O) groups is 2. The largest absolute Gasteiger partial charge is 0.573 e. The third kappa shape index (κ3) is 5.33. The van der Waals surface area contributed by atoms with Gasteiger partial charge in [-0.25, -0.2) is 0 Å². The molecule has 0 spiro atoms. The van der Waals surface area contributed by atoms with Gasteiger partial charge in [0.05, 0.1) is 12.1 Å². The Hall–Kier alpha value is -4.59. The van der Waals surface area contributed by atoms with Crippen LogP contribution in [0, 0.1) is 0 Å². The Morgan fingerprint density at radius 1 is 0.757 bits per heavy atom. The molecule has 5 nitrogen and oxygen atoms in total. The second-order valence-electron chi connectivity index (χ2n) is 8.54. The minimum absolute atomic E-state index is 0.203. The summed E-state index contributed by atoms with van der Waals surface area (Å²) in [5, 5.41) is 2.56. The number of carbonyl (C=O) groups excluding carboxylic acids is 2. The van der Waals surface area contributed by atoms with E-state index in [-0.39, 0.29) is 11.5 Å². The van der Waals surface area contributed by atoms with E-state index in [0.717, 1.165) is 34.9 Å². The fourth-order valence-corrected chi connectivity index (χ4v) is 4.37. The quantitative estimate of drug-likeness (QED) is 0.343. The van der Waals surface area contributed by atoms with Crippen LogP contribution in [-0.2, 0) is 13.0 Å². The molecule has 5 rings (SSSR count). The van der Waals surface area contributed by atoms with Gasteiger partial charge in [-0.2, -0.15) is 0 Å². The van der Waals surface area contributed by atoms with E-state index in [9.17, 15) is 22.8 Å². The highest BCUT2D eigenvalue weighted by molar-refractivity contribution is 6.08. The van der Waals surface area contributed by atoms with Crippen LogP contribution in [0.25, 0.3) is 0 Å². The molecule has 1 N–H and O–H groups in total. The second-order valence-corrected chi connectivity index (χ2v) is 8.54. The van der Waals surface area contributed by atoms with Gasteiger partial charge in [-0.3, -0.25) is 9.59 Å². The first-order chi connectivity index (χ1) is 17.8. The molecule has 8 heteroatoms. The molecule has 1 heterocycles. The highest BCUT2D eigenvalue weighted by Gasteiger charge is 2.33. The van der Waals surface area contributed by atoms with E-state index in [1.165, 1.54) is 30.3 Å². The summed E-state index contributed by atoms with van der Waals surface area (Å²) >= 11 is 0. The predicted molar refractivity (Wildman–Crippen MR) is 134 cm³/mol. The van der Waals surface area contributed by atoms with Crippen LogP contribution in [0.5, 0.6) is 5.75 Å². The van der Waals surface area contributed by atoms with Gasteiger partial charge in [0, 0.05) is 16.9 Å². The number of nitrogens with one attached hydrogen (secondary N) is 1. The summed E-state index contributed by atoms with van der Waals surface area (Å²) in [5.74, 6) is -1.57. The van der Waals surface area contributed by atoms with E-state index in [1.54, 1.807) is 17.0 Å². The standard InChI is InChI=1S/C29H21F3N2O3/c30-29(31,32)37-26-12-6-4-10-24(26)27(35)33-23-15-13-19(14-16-23)28(36)34-18-22-9-2-1-7-20(22)17-21-8-3-5-11-25(21)34/h1-16H,17-18H2,(H,33,35). The maximum absolute atomic E-state index is 13.6. The maximum atomic E-state index is 13.6. The zero-order valence-corrected chi connectivity index (χ0v) is 19.5. The van der Waals surface area contributed by atoms with Gasteiger partial charge in [-0.1, -0.05) is 54.6 Å². The van der Waals surface area contributed by atoms with Gasteiger partial charge in [0.25, 0.3) is 11.8 Å². The van der Waals surface area contributed by atoms with Gasteiger partial charge >= 0.3 is 6.36 Å². The summed E-state index contributed by atoms with van der Waals surface area (Å²) < 4.78 is 42.0. The average molecular weight is 502 g/mol. The fourth-order valence-electron chi connectivity index (χ4n) is 4.37. The Labute approximate surface area is 211 Å². The number of benzene rings is 4. The molecular formula is C29H21F3N2O3. The smallest absolute Gasteiger partial charge is 0.405 e. The Morgan fingerprint density at radius 3 is 2.11 bits per heavy atom. The lowest BCUT2D eigenvalue weighted by molar-refractivity contribution is -0.274. The van der Waals surface area contributed by atoms with Crippen molar-refractivity contribution in [3.63, 3.8) is 0 Å². The summed E-state index contributed by atoms with van der Waals surface area (Å²) in [6.07, 6.45) is -4.20. The predicted octanol–water partition coefficient (Wildman–Crippen LogP) is 6.59. The average Bonchev–Trinajstić information content (AvgIpc) is 3.05. The number of rotatable bonds is 4. The Kier molecular flexibility index (Phi) is 6.40. The molecule has 0 bridgehead atoms. The van der Waals surface area contributed by atoms with E-state index in [4.69, 9.17) is 0 Å². The molecule has 37 heavy (non-hydrogen) atoms. The van der Waals surface area contributed by atoms with Crippen molar-refractivity contribution in [1.29, 1.82) is 0 Å². The van der Waals surface area contributed by atoms with Gasteiger partial charge in [0.15, 0.2) is 0 Å². The minimum atomic E-state index is -4.93. The summed E-state index contributed by atoms with van der Waals surface area (Å²) in [6, 6.07) is 27.1. The van der Waals surface area contributed by atoms with E-state index in [2.05, 4.69) is 16.1 Å². The zero-order valence-electron chi connectivity index (χ0n) is 19.5. The highest BCUT2D eigenvalue weighted by Crippen LogP contribution is 2.32. The van der Waals surface area contributed by atoms with Gasteiger partial charge in [-0.15, -0.1) is 13.2 Å². The van der Waals surface area contributed by atoms with Crippen molar-refractivity contribution in [3.8, 4) is 5.75 Å². The lowest BCUT2D eigenvalue weighted by Gasteiger charge is -2.23. The van der Waals surface area contributed by atoms with Gasteiger partial charge < -0.3 is 15.0 Å². The first-order valence-corrected chi connectivity index (χ1v) is 11.5. The summed E-state index contributed by atoms with van der Waals surface area (Å²) in [7, 11) is 0. The number of alkyl halides is 3. The van der Waals surface area contributed by atoms with Crippen LogP contribution in [0.4, 0.5) is 24.5 Å². The van der Waals surface area contributed by atoms with Crippen LogP contribution in [0.3, 0.4) is 0 Å². The fraction of sp³-hybridized carbons (Fsp3) is 0.103. The molecule has 1 aliphatic rings. The molecular weight excluding hydrogens is 481 g/mol. The third-order valence-corrected chi connectivity index (χ3v) is 6.10. The van der Waals surface area contributed by atoms with Crippen molar-refractivity contribution in [2.45, 2.75) is 19.3 Å². The van der Waals surface area contributed by atoms with Crippen molar-refractivity contribution >= 4 is 23.2 Å². The number of halogens is 3. The van der Waals surface area contributed by atoms with Crippen molar-refractivity contribution in [2.75, 3.05) is 10.2 Å². The van der Waals surface area contributed by atoms with E-state index in [1.807, 2.05) is 42.5 Å². The van der Waals surface area contributed by atoms with Gasteiger partial charge in [0.2, 0.25) is 0 Å². The molecule has 1 aliphatic heterocycles. The lowest BCUT2D eigenvalue weighted by Crippen LogP contribution is -2.30. The molecule has 186 valence electrons. The summed E-state index contributed by atoms with van der Waals surface area (Å²) in [4.78, 5) is 28.0. The molecule has 4 aromatic carbocycles. The van der Waals surface area contributed by atoms with Gasteiger partial charge in [0.1, 0.15) is 5.75 Å². The minimum Gasteiger partial charge on any atom is -0.405 e. The highest BCUT2D eigenvalue weighted by atomic mass is 19.4. The molecule has 0 aromatic heterocycles. The van der Waals surface area contributed by atoms with Crippen LogP contribution < -0.4 is 15.0 Å². The first-order valence-electron chi connectivity index (χ1n) is 11.5. The topological polar surface area (TPSA) is 58.6 Å². The number of amides is 2. The van der Waals surface area contributed by atoms with E-state index < -0.39 is 18.0 Å². The molecule has 0 radical (unpaired) electrons. The molecule has 0 fully saturated rings. The molecule has 0 atom stereocenters. The van der Waals surface area contributed by atoms with Crippen molar-refractivity contribution < 1.29 is 27.5 Å². The normalized spacial score (nSPS) is 12.7. The van der Waals surface area contributed by atoms with E-state index >= 15 is 0 Å². The number of para-hydroxylation sites is 2. The van der Waals surface area contributed by atoms with Crippen LogP contribution in [0.2, 0.25) is 0 Å². The Morgan fingerprint density at radius 2 is 1.38 bits per heavy atom. The number of hydrogen-bond donors (Lipinski definition) is 1. The molecule has 0 saturated heterocycles. The second kappa shape index (κ2) is 9.81. The molecule has 4 aromatic rings. The number of fused-ring (bicyclic) bond motifs is 2. The Balaban J connectivity index is 1.37. The van der Waals surface area contributed by atoms with Crippen LogP contribution in [-0.4, -0.2) is 18.2 Å². The summed E-state index contributed by atoms with van der Waals surface area (Å²) in [6.45, 7) is 0.417. The molecule has 0 aliphatic carbocycles. The number of nitrogens with zero attached hydrogens (tertiary/aromatic N) is 1. The number of ether oxygens (including phenoxy) is 1. The number of hydrogen-bond acceptors (Lipinski definition) is 3. The number of anilines is 2. The first kappa shape index (κ1) is 24.1. The van der Waals surface area contributed by atoms with Crippen LogP contribution in [0.15, 0.2) is 97.1 Å². The molecule has 0 unspecified atom stereocenters. The van der Waals surface area contributed by atoms with Gasteiger partial charge in [-0.05, 0) is 65.6 Å². The van der Waals surface area contributed by atoms with Crippen LogP contribution in [0.1, 0.15) is 37.4 Å². The van der Waals surface area contributed by atoms with Crippen molar-refractivity contribution in [2.24, 2.45) is 0 Å². The zero-order chi connectivity index (χ0) is 26.0. The molecule has 0 saturated carbocycles. The monoisotopic (exact) mass is 502 g/mol. The summed E-state index contributed by atoms with van der Waals surface area (Å²) in [5.41, 5.74) is 4.58.